The van der Waals surface area contributed by atoms with Crippen LogP contribution in [0.2, 0.25) is 0 Å². The molecule has 0 unspecified atom stereocenters. The van der Waals surface area contributed by atoms with E-state index in [1.54, 1.807) is 22.1 Å². The van der Waals surface area contributed by atoms with Gasteiger partial charge < -0.3 is 4.57 Å². The number of aryl methyl sites for hydroxylation is 2. The molecule has 0 amide bonds. The maximum atomic E-state index is 12.9. The van der Waals surface area contributed by atoms with E-state index in [2.05, 4.69) is 30.1 Å². The predicted octanol–water partition coefficient (Wildman–Crippen LogP) is 3.36. The molecule has 6 nitrogen and oxygen atoms in total. The second-order valence-electron chi connectivity index (χ2n) is 7.40. The van der Waals surface area contributed by atoms with Gasteiger partial charge in [-0.1, -0.05) is 29.8 Å². The third-order valence-electron chi connectivity index (χ3n) is 5.17. The highest BCUT2D eigenvalue weighted by atomic mass is 32.2. The van der Waals surface area contributed by atoms with Crippen molar-refractivity contribution in [2.24, 2.45) is 7.05 Å². The van der Waals surface area contributed by atoms with Crippen LogP contribution in [-0.4, -0.2) is 40.3 Å². The quantitative estimate of drug-likeness (QED) is 0.678. The lowest BCUT2D eigenvalue weighted by Gasteiger charge is -2.31. The zero-order valence-electron chi connectivity index (χ0n) is 16.1. The van der Waals surface area contributed by atoms with Crippen molar-refractivity contribution in [3.63, 3.8) is 0 Å². The van der Waals surface area contributed by atoms with Gasteiger partial charge in [0.25, 0.3) is 10.0 Å². The van der Waals surface area contributed by atoms with Crippen LogP contribution < -0.4 is 0 Å². The molecule has 3 aromatic rings. The van der Waals surface area contributed by atoms with Crippen molar-refractivity contribution in [3.05, 3.63) is 66.2 Å². The number of rotatable bonds is 4. The Morgan fingerprint density at radius 2 is 1.96 bits per heavy atom. The van der Waals surface area contributed by atoms with Gasteiger partial charge in [-0.3, -0.25) is 4.98 Å². The Morgan fingerprint density at radius 1 is 1.14 bits per heavy atom. The van der Waals surface area contributed by atoms with Crippen LogP contribution in [0.3, 0.4) is 0 Å². The molecule has 0 N–H and O–H groups in total. The lowest BCUT2D eigenvalue weighted by molar-refractivity contribution is 0.312. The van der Waals surface area contributed by atoms with Gasteiger partial charge in [-0.25, -0.2) is 13.4 Å². The van der Waals surface area contributed by atoms with Gasteiger partial charge in [0.15, 0.2) is 5.03 Å². The summed E-state index contributed by atoms with van der Waals surface area (Å²) in [4.78, 5) is 8.90. The summed E-state index contributed by atoms with van der Waals surface area (Å²) in [5.41, 5.74) is 4.14. The van der Waals surface area contributed by atoms with Gasteiger partial charge in [0, 0.05) is 43.5 Å². The van der Waals surface area contributed by atoms with Crippen LogP contribution >= 0.6 is 0 Å². The molecule has 3 heterocycles. The largest absolute Gasteiger partial charge is 0.339 e. The van der Waals surface area contributed by atoms with E-state index in [4.69, 9.17) is 4.98 Å². The van der Waals surface area contributed by atoms with Crippen molar-refractivity contribution in [1.82, 2.24) is 18.8 Å². The molecule has 1 aliphatic rings. The van der Waals surface area contributed by atoms with Crippen molar-refractivity contribution in [3.8, 4) is 11.3 Å². The lowest BCUT2D eigenvalue weighted by atomic mass is 9.95. The Morgan fingerprint density at radius 3 is 2.71 bits per heavy atom. The summed E-state index contributed by atoms with van der Waals surface area (Å²) >= 11 is 0. The van der Waals surface area contributed by atoms with Crippen LogP contribution in [0.25, 0.3) is 11.3 Å². The molecule has 2 aromatic heterocycles. The number of benzene rings is 1. The molecule has 0 saturated carbocycles. The molecule has 0 radical (unpaired) electrons. The van der Waals surface area contributed by atoms with Crippen molar-refractivity contribution >= 4 is 10.0 Å². The van der Waals surface area contributed by atoms with E-state index < -0.39 is 10.0 Å². The molecule has 4 rings (SSSR count). The number of pyridine rings is 1. The van der Waals surface area contributed by atoms with Crippen molar-refractivity contribution in [2.75, 3.05) is 13.1 Å². The van der Waals surface area contributed by atoms with Crippen molar-refractivity contribution in [1.29, 1.82) is 0 Å². The molecule has 7 heteroatoms. The SMILES string of the molecule is Cc1cccc(-c2cccc([C@@H]3CCCN(S(=O)(=O)c4cn(C)cn4)C3)n2)c1. The number of hydrogen-bond donors (Lipinski definition) is 0. The number of nitrogens with zero attached hydrogens (tertiary/aromatic N) is 4. The van der Waals surface area contributed by atoms with Crippen LogP contribution in [0.1, 0.15) is 30.0 Å². The van der Waals surface area contributed by atoms with Gasteiger partial charge in [0.2, 0.25) is 0 Å². The molecule has 0 aliphatic carbocycles. The zero-order chi connectivity index (χ0) is 19.7. The summed E-state index contributed by atoms with van der Waals surface area (Å²) in [5.74, 6) is 0.0806. The van der Waals surface area contributed by atoms with E-state index in [1.165, 1.54) is 11.9 Å². The summed E-state index contributed by atoms with van der Waals surface area (Å²) in [6.45, 7) is 3.02. The first-order chi connectivity index (χ1) is 13.4. The van der Waals surface area contributed by atoms with Crippen LogP contribution in [0, 0.1) is 6.92 Å². The third-order valence-corrected chi connectivity index (χ3v) is 6.92. The number of piperidine rings is 1. The van der Waals surface area contributed by atoms with E-state index in [1.807, 2.05) is 24.3 Å². The normalized spacial score (nSPS) is 18.3. The summed E-state index contributed by atoms with van der Waals surface area (Å²) < 4.78 is 29.1. The van der Waals surface area contributed by atoms with E-state index in [9.17, 15) is 8.42 Å². The molecule has 28 heavy (non-hydrogen) atoms. The molecular weight excluding hydrogens is 372 g/mol. The minimum atomic E-state index is -3.58. The number of hydrogen-bond acceptors (Lipinski definition) is 4. The molecule has 0 spiro atoms. The van der Waals surface area contributed by atoms with Crippen molar-refractivity contribution in [2.45, 2.75) is 30.7 Å². The van der Waals surface area contributed by atoms with Crippen LogP contribution in [-0.2, 0) is 17.1 Å². The fraction of sp³-hybridized carbons (Fsp3) is 0.333. The van der Waals surface area contributed by atoms with E-state index in [0.717, 1.165) is 29.8 Å². The highest BCUT2D eigenvalue weighted by Gasteiger charge is 2.32. The van der Waals surface area contributed by atoms with Gasteiger partial charge in [0.05, 0.1) is 12.0 Å². The first kappa shape index (κ1) is 18.8. The van der Waals surface area contributed by atoms with Gasteiger partial charge >= 0.3 is 0 Å². The third kappa shape index (κ3) is 3.72. The highest BCUT2D eigenvalue weighted by molar-refractivity contribution is 7.89. The zero-order valence-corrected chi connectivity index (χ0v) is 16.9. The Bertz CT molecular complexity index is 1090. The van der Waals surface area contributed by atoms with Gasteiger partial charge in [-0.2, -0.15) is 4.31 Å². The minimum absolute atomic E-state index is 0.0806. The second kappa shape index (κ2) is 7.48. The number of aromatic nitrogens is 3. The average molecular weight is 397 g/mol. The Labute approximate surface area is 165 Å². The van der Waals surface area contributed by atoms with Gasteiger partial charge in [0.1, 0.15) is 0 Å². The van der Waals surface area contributed by atoms with E-state index in [-0.39, 0.29) is 10.9 Å². The molecular formula is C21H24N4O2S. The summed E-state index contributed by atoms with van der Waals surface area (Å²) in [6.07, 6.45) is 4.81. The Kier molecular flexibility index (Phi) is 5.03. The second-order valence-corrected chi connectivity index (χ2v) is 9.28. The highest BCUT2D eigenvalue weighted by Crippen LogP contribution is 2.30. The minimum Gasteiger partial charge on any atom is -0.339 e. The standard InChI is InChI=1S/C21H24N4O2S/c1-16-6-3-7-17(12-16)19-9-4-10-20(23-19)18-8-5-11-25(13-18)28(26,27)21-14-24(2)15-22-21/h3-4,6-7,9-10,12,14-15,18H,5,8,11,13H2,1-2H3/t18-/m1/s1. The van der Waals surface area contributed by atoms with Crippen LogP contribution in [0.4, 0.5) is 0 Å². The number of sulfonamides is 1. The average Bonchev–Trinajstić information content (AvgIpc) is 3.15. The monoisotopic (exact) mass is 396 g/mol. The molecule has 1 fully saturated rings. The van der Waals surface area contributed by atoms with Gasteiger partial charge in [-0.05, 0) is 38.0 Å². The Balaban J connectivity index is 1.59. The topological polar surface area (TPSA) is 68.1 Å². The molecule has 146 valence electrons. The fourth-order valence-electron chi connectivity index (χ4n) is 3.70. The summed E-state index contributed by atoms with van der Waals surface area (Å²) in [6, 6.07) is 14.3. The maximum absolute atomic E-state index is 12.9. The molecule has 1 aromatic carbocycles. The molecule has 0 bridgehead atoms. The molecule has 1 aliphatic heterocycles. The smallest absolute Gasteiger partial charge is 0.262 e. The number of imidazole rings is 1. The van der Waals surface area contributed by atoms with Gasteiger partial charge in [-0.15, -0.1) is 0 Å². The fourth-order valence-corrected chi connectivity index (χ4v) is 5.19. The summed E-state index contributed by atoms with van der Waals surface area (Å²) in [5, 5.41) is 0.108. The van der Waals surface area contributed by atoms with Crippen molar-refractivity contribution < 1.29 is 8.42 Å². The van der Waals surface area contributed by atoms with Crippen LogP contribution in [0.15, 0.2) is 60.0 Å². The van der Waals surface area contributed by atoms with E-state index >= 15 is 0 Å². The Hall–Kier alpha value is -2.51. The summed E-state index contributed by atoms with van der Waals surface area (Å²) in [7, 11) is -1.81. The first-order valence-corrected chi connectivity index (χ1v) is 10.9. The molecule has 1 saturated heterocycles. The maximum Gasteiger partial charge on any atom is 0.262 e. The first-order valence-electron chi connectivity index (χ1n) is 9.45. The van der Waals surface area contributed by atoms with E-state index in [0.29, 0.717) is 13.1 Å². The predicted molar refractivity (Wildman–Crippen MR) is 108 cm³/mol. The van der Waals surface area contributed by atoms with Crippen LogP contribution in [0.5, 0.6) is 0 Å². The molecule has 1 atom stereocenters. The lowest BCUT2D eigenvalue weighted by Crippen LogP contribution is -2.39.